The Hall–Kier alpha value is -1.09. The SMILES string of the molecule is O=C(CC1CCNCC1)c1ccoc1. The number of Topliss-reactive ketones (excluding diaryl/α,β-unsaturated/α-hetero) is 1. The normalized spacial score (nSPS) is 18.3. The molecule has 3 heteroatoms. The molecule has 1 aromatic rings. The van der Waals surface area contributed by atoms with Gasteiger partial charge >= 0.3 is 0 Å². The summed E-state index contributed by atoms with van der Waals surface area (Å²) in [5, 5.41) is 3.29. The van der Waals surface area contributed by atoms with Crippen LogP contribution in [0.15, 0.2) is 23.0 Å². The van der Waals surface area contributed by atoms with Gasteiger partial charge in [0.25, 0.3) is 0 Å². The first-order valence-corrected chi connectivity index (χ1v) is 5.12. The molecular formula is C11H15NO2. The highest BCUT2D eigenvalue weighted by molar-refractivity contribution is 5.95. The Morgan fingerprint density at radius 2 is 2.29 bits per heavy atom. The zero-order chi connectivity index (χ0) is 9.80. The van der Waals surface area contributed by atoms with Crippen LogP contribution in [0.25, 0.3) is 0 Å². The summed E-state index contributed by atoms with van der Waals surface area (Å²) in [6.07, 6.45) is 5.98. The molecule has 1 fully saturated rings. The standard InChI is InChI=1S/C11H15NO2/c13-11(10-3-6-14-8-10)7-9-1-4-12-5-2-9/h3,6,8-9,12H,1-2,4-5,7H2. The molecule has 3 nitrogen and oxygen atoms in total. The molecule has 0 amide bonds. The van der Waals surface area contributed by atoms with Gasteiger partial charge in [0.2, 0.25) is 0 Å². The van der Waals surface area contributed by atoms with Gasteiger partial charge in [0.05, 0.1) is 11.8 Å². The lowest BCUT2D eigenvalue weighted by atomic mass is 9.91. The van der Waals surface area contributed by atoms with Crippen molar-refractivity contribution in [2.24, 2.45) is 5.92 Å². The van der Waals surface area contributed by atoms with Gasteiger partial charge in [-0.15, -0.1) is 0 Å². The molecular weight excluding hydrogens is 178 g/mol. The number of hydrogen-bond donors (Lipinski definition) is 1. The third-order valence-electron chi connectivity index (χ3n) is 2.78. The van der Waals surface area contributed by atoms with Crippen LogP contribution in [-0.4, -0.2) is 18.9 Å². The van der Waals surface area contributed by atoms with E-state index in [2.05, 4.69) is 5.32 Å². The lowest BCUT2D eigenvalue weighted by molar-refractivity contribution is 0.0952. The van der Waals surface area contributed by atoms with Gasteiger partial charge in [-0.3, -0.25) is 4.79 Å². The van der Waals surface area contributed by atoms with Crippen LogP contribution in [0.5, 0.6) is 0 Å². The van der Waals surface area contributed by atoms with Gasteiger partial charge in [-0.05, 0) is 37.9 Å². The molecule has 1 aliphatic rings. The van der Waals surface area contributed by atoms with Crippen molar-refractivity contribution in [1.82, 2.24) is 5.32 Å². The molecule has 14 heavy (non-hydrogen) atoms. The van der Waals surface area contributed by atoms with Crippen LogP contribution in [0.4, 0.5) is 0 Å². The molecule has 2 rings (SSSR count). The van der Waals surface area contributed by atoms with E-state index in [1.54, 1.807) is 12.3 Å². The number of carbonyl (C=O) groups is 1. The molecule has 1 aromatic heterocycles. The first kappa shape index (κ1) is 9.46. The van der Waals surface area contributed by atoms with Crippen molar-refractivity contribution in [3.8, 4) is 0 Å². The zero-order valence-electron chi connectivity index (χ0n) is 8.16. The fourth-order valence-electron chi connectivity index (χ4n) is 1.89. The second-order valence-corrected chi connectivity index (χ2v) is 3.83. The third-order valence-corrected chi connectivity index (χ3v) is 2.78. The van der Waals surface area contributed by atoms with E-state index in [1.807, 2.05) is 0 Å². The molecule has 76 valence electrons. The van der Waals surface area contributed by atoms with Gasteiger partial charge in [-0.25, -0.2) is 0 Å². The van der Waals surface area contributed by atoms with E-state index in [9.17, 15) is 4.79 Å². The Balaban J connectivity index is 1.87. The molecule has 0 aromatic carbocycles. The van der Waals surface area contributed by atoms with Crippen LogP contribution in [0.3, 0.4) is 0 Å². The van der Waals surface area contributed by atoms with Crippen molar-refractivity contribution >= 4 is 5.78 Å². The third kappa shape index (κ3) is 2.23. The van der Waals surface area contributed by atoms with E-state index >= 15 is 0 Å². The summed E-state index contributed by atoms with van der Waals surface area (Å²) in [7, 11) is 0. The second kappa shape index (κ2) is 4.42. The predicted molar refractivity (Wildman–Crippen MR) is 53.2 cm³/mol. The van der Waals surface area contributed by atoms with E-state index in [1.165, 1.54) is 6.26 Å². The van der Waals surface area contributed by atoms with E-state index in [-0.39, 0.29) is 5.78 Å². The summed E-state index contributed by atoms with van der Waals surface area (Å²) < 4.78 is 4.89. The van der Waals surface area contributed by atoms with Crippen molar-refractivity contribution in [2.45, 2.75) is 19.3 Å². The lowest BCUT2D eigenvalue weighted by Gasteiger charge is -2.21. The molecule has 1 saturated heterocycles. The van der Waals surface area contributed by atoms with Gasteiger partial charge < -0.3 is 9.73 Å². The van der Waals surface area contributed by atoms with Crippen molar-refractivity contribution in [1.29, 1.82) is 0 Å². The van der Waals surface area contributed by atoms with Crippen LogP contribution in [0, 0.1) is 5.92 Å². The molecule has 1 N–H and O–H groups in total. The number of piperidine rings is 1. The molecule has 0 saturated carbocycles. The fourth-order valence-corrected chi connectivity index (χ4v) is 1.89. The maximum absolute atomic E-state index is 11.7. The summed E-state index contributed by atoms with van der Waals surface area (Å²) in [6.45, 7) is 2.09. The maximum Gasteiger partial charge on any atom is 0.166 e. The van der Waals surface area contributed by atoms with Gasteiger partial charge in [0.1, 0.15) is 6.26 Å². The van der Waals surface area contributed by atoms with Gasteiger partial charge in [0.15, 0.2) is 5.78 Å². The van der Waals surface area contributed by atoms with Crippen LogP contribution >= 0.6 is 0 Å². The Labute approximate surface area is 83.5 Å². The summed E-state index contributed by atoms with van der Waals surface area (Å²) in [5.74, 6) is 0.768. The lowest BCUT2D eigenvalue weighted by Crippen LogP contribution is -2.28. The van der Waals surface area contributed by atoms with Crippen LogP contribution in [-0.2, 0) is 0 Å². The average molecular weight is 193 g/mol. The van der Waals surface area contributed by atoms with Gasteiger partial charge in [-0.1, -0.05) is 0 Å². The quantitative estimate of drug-likeness (QED) is 0.745. The van der Waals surface area contributed by atoms with E-state index in [4.69, 9.17) is 4.42 Å². The summed E-state index contributed by atoms with van der Waals surface area (Å²) in [4.78, 5) is 11.7. The molecule has 0 aliphatic carbocycles. The highest BCUT2D eigenvalue weighted by atomic mass is 16.3. The number of rotatable bonds is 3. The smallest absolute Gasteiger partial charge is 0.166 e. The minimum Gasteiger partial charge on any atom is -0.472 e. The first-order chi connectivity index (χ1) is 6.86. The van der Waals surface area contributed by atoms with E-state index in [0.29, 0.717) is 17.9 Å². The highest BCUT2D eigenvalue weighted by Gasteiger charge is 2.17. The molecule has 0 unspecified atom stereocenters. The Bertz CT molecular complexity index is 286. The van der Waals surface area contributed by atoms with Crippen LogP contribution in [0.2, 0.25) is 0 Å². The van der Waals surface area contributed by atoms with Crippen LogP contribution in [0.1, 0.15) is 29.6 Å². The van der Waals surface area contributed by atoms with Gasteiger partial charge in [-0.2, -0.15) is 0 Å². The average Bonchev–Trinajstić information content (AvgIpc) is 2.72. The molecule has 0 radical (unpaired) electrons. The molecule has 1 aliphatic heterocycles. The molecule has 0 atom stereocenters. The predicted octanol–water partition coefficient (Wildman–Crippen LogP) is 1.85. The Kier molecular flexibility index (Phi) is 2.99. The van der Waals surface area contributed by atoms with Crippen molar-refractivity contribution < 1.29 is 9.21 Å². The summed E-state index contributed by atoms with van der Waals surface area (Å²) in [6, 6.07) is 1.74. The topological polar surface area (TPSA) is 42.2 Å². The van der Waals surface area contributed by atoms with Gasteiger partial charge in [0, 0.05) is 6.42 Å². The van der Waals surface area contributed by atoms with Crippen molar-refractivity contribution in [3.05, 3.63) is 24.2 Å². The maximum atomic E-state index is 11.7. The number of nitrogens with one attached hydrogen (secondary N) is 1. The molecule has 2 heterocycles. The summed E-state index contributed by atoms with van der Waals surface area (Å²) in [5.41, 5.74) is 0.712. The number of carbonyl (C=O) groups excluding carboxylic acids is 1. The van der Waals surface area contributed by atoms with Crippen molar-refractivity contribution in [2.75, 3.05) is 13.1 Å². The van der Waals surface area contributed by atoms with E-state index in [0.717, 1.165) is 25.9 Å². The molecule has 0 bridgehead atoms. The highest BCUT2D eigenvalue weighted by Crippen LogP contribution is 2.18. The Morgan fingerprint density at radius 1 is 1.50 bits per heavy atom. The number of ketones is 1. The monoisotopic (exact) mass is 193 g/mol. The largest absolute Gasteiger partial charge is 0.472 e. The van der Waals surface area contributed by atoms with Crippen LogP contribution < -0.4 is 5.32 Å². The number of furan rings is 1. The minimum atomic E-state index is 0.214. The molecule has 0 spiro atoms. The van der Waals surface area contributed by atoms with E-state index < -0.39 is 0 Å². The minimum absolute atomic E-state index is 0.214. The number of hydrogen-bond acceptors (Lipinski definition) is 3. The Morgan fingerprint density at radius 3 is 2.93 bits per heavy atom. The first-order valence-electron chi connectivity index (χ1n) is 5.12. The second-order valence-electron chi connectivity index (χ2n) is 3.83. The summed E-state index contributed by atoms with van der Waals surface area (Å²) >= 11 is 0. The zero-order valence-corrected chi connectivity index (χ0v) is 8.16. The van der Waals surface area contributed by atoms with Crippen molar-refractivity contribution in [3.63, 3.8) is 0 Å². The fraction of sp³-hybridized carbons (Fsp3) is 0.545.